The van der Waals surface area contributed by atoms with Gasteiger partial charge in [0.2, 0.25) is 5.89 Å². The Balaban J connectivity index is 1.51. The van der Waals surface area contributed by atoms with E-state index in [1.807, 2.05) is 0 Å². The lowest BCUT2D eigenvalue weighted by Crippen LogP contribution is -2.39. The number of hydrogen-bond donors (Lipinski definition) is 1. The van der Waals surface area contributed by atoms with E-state index in [2.05, 4.69) is 29.3 Å². The Morgan fingerprint density at radius 1 is 1.20 bits per heavy atom. The summed E-state index contributed by atoms with van der Waals surface area (Å²) >= 11 is 0. The summed E-state index contributed by atoms with van der Waals surface area (Å²) in [7, 11) is 2.27. The van der Waals surface area contributed by atoms with Gasteiger partial charge in [0.1, 0.15) is 0 Å². The summed E-state index contributed by atoms with van der Waals surface area (Å²) in [4.78, 5) is 7.31. The highest BCUT2D eigenvalue weighted by molar-refractivity contribution is 5.08. The first-order chi connectivity index (χ1) is 9.72. The number of aromatic nitrogens is 2. The largest absolute Gasteiger partial charge is 0.339 e. The molecule has 4 atom stereocenters. The van der Waals surface area contributed by atoms with Crippen LogP contribution >= 0.6 is 0 Å². The summed E-state index contributed by atoms with van der Waals surface area (Å²) in [6, 6.07) is 1.91. The smallest absolute Gasteiger partial charge is 0.231 e. The van der Waals surface area contributed by atoms with E-state index in [9.17, 15) is 0 Å². The lowest BCUT2D eigenvalue weighted by molar-refractivity contribution is 0.157. The van der Waals surface area contributed by atoms with Crippen LogP contribution in [0.15, 0.2) is 4.52 Å². The molecule has 1 aromatic rings. The molecule has 0 radical (unpaired) electrons. The van der Waals surface area contributed by atoms with E-state index in [4.69, 9.17) is 9.51 Å². The Hall–Kier alpha value is -0.940. The maximum atomic E-state index is 5.58. The molecule has 0 spiro atoms. The normalized spacial score (nSPS) is 41.4. The van der Waals surface area contributed by atoms with Gasteiger partial charge in [-0.15, -0.1) is 0 Å². The van der Waals surface area contributed by atoms with Crippen molar-refractivity contribution in [3.63, 3.8) is 0 Å². The van der Waals surface area contributed by atoms with E-state index in [0.717, 1.165) is 36.8 Å². The van der Waals surface area contributed by atoms with Crippen molar-refractivity contribution in [1.29, 1.82) is 0 Å². The van der Waals surface area contributed by atoms with Crippen molar-refractivity contribution in [3.05, 3.63) is 11.7 Å². The Bertz CT molecular complexity index is 474. The number of rotatable bonds is 2. The minimum atomic E-state index is 0.402. The van der Waals surface area contributed by atoms with Crippen molar-refractivity contribution < 1.29 is 4.52 Å². The summed E-state index contributed by atoms with van der Waals surface area (Å²) < 4.78 is 5.58. The van der Waals surface area contributed by atoms with Gasteiger partial charge in [-0.05, 0) is 52.6 Å². The SMILES string of the molecule is CC1NCCC1c1nc(C2CC3CCC(C2)N3C)no1. The van der Waals surface area contributed by atoms with Gasteiger partial charge in [0.05, 0.1) is 5.92 Å². The van der Waals surface area contributed by atoms with Crippen molar-refractivity contribution in [2.24, 2.45) is 0 Å². The number of fused-ring (bicyclic) bond motifs is 2. The third-order valence-corrected chi connectivity index (χ3v) is 5.76. The third-order valence-electron chi connectivity index (χ3n) is 5.76. The highest BCUT2D eigenvalue weighted by Gasteiger charge is 2.41. The summed E-state index contributed by atoms with van der Waals surface area (Å²) in [6.45, 7) is 3.26. The fraction of sp³-hybridized carbons (Fsp3) is 0.867. The molecule has 20 heavy (non-hydrogen) atoms. The topological polar surface area (TPSA) is 54.2 Å². The Kier molecular flexibility index (Phi) is 3.07. The number of piperidine rings is 1. The molecule has 5 nitrogen and oxygen atoms in total. The molecule has 5 heteroatoms. The molecule has 0 saturated carbocycles. The molecule has 4 unspecified atom stereocenters. The van der Waals surface area contributed by atoms with Gasteiger partial charge in [0.25, 0.3) is 0 Å². The lowest BCUT2D eigenvalue weighted by atomic mass is 9.90. The molecule has 4 heterocycles. The molecule has 2 bridgehead atoms. The van der Waals surface area contributed by atoms with Crippen LogP contribution in [0.5, 0.6) is 0 Å². The first kappa shape index (κ1) is 12.8. The number of nitrogens with zero attached hydrogens (tertiary/aromatic N) is 3. The van der Waals surface area contributed by atoms with Crippen LogP contribution in [0.1, 0.15) is 62.6 Å². The monoisotopic (exact) mass is 276 g/mol. The number of hydrogen-bond acceptors (Lipinski definition) is 5. The van der Waals surface area contributed by atoms with Crippen LogP contribution in [0.2, 0.25) is 0 Å². The molecular weight excluding hydrogens is 252 g/mol. The molecule has 0 aliphatic carbocycles. The van der Waals surface area contributed by atoms with Crippen molar-refractivity contribution in [1.82, 2.24) is 20.4 Å². The van der Waals surface area contributed by atoms with E-state index >= 15 is 0 Å². The molecule has 3 fully saturated rings. The van der Waals surface area contributed by atoms with Crippen molar-refractivity contribution in [2.75, 3.05) is 13.6 Å². The van der Waals surface area contributed by atoms with Gasteiger partial charge in [-0.1, -0.05) is 5.16 Å². The fourth-order valence-electron chi connectivity index (χ4n) is 4.38. The molecule has 4 rings (SSSR count). The van der Waals surface area contributed by atoms with E-state index in [1.54, 1.807) is 0 Å². The quantitative estimate of drug-likeness (QED) is 0.894. The van der Waals surface area contributed by atoms with Crippen molar-refractivity contribution >= 4 is 0 Å². The molecule has 1 aromatic heterocycles. The lowest BCUT2D eigenvalue weighted by Gasteiger charge is -2.34. The van der Waals surface area contributed by atoms with E-state index in [-0.39, 0.29) is 0 Å². The molecule has 0 aromatic carbocycles. The van der Waals surface area contributed by atoms with Crippen molar-refractivity contribution in [2.45, 2.75) is 69.0 Å². The summed E-state index contributed by atoms with van der Waals surface area (Å²) in [6.07, 6.45) is 6.19. The second kappa shape index (κ2) is 4.81. The second-order valence-electron chi connectivity index (χ2n) is 6.85. The standard InChI is InChI=1S/C15H24N4O/c1-9-13(5-6-16-9)15-17-14(18-20-15)10-7-11-3-4-12(8-10)19(11)2/h9-13,16H,3-8H2,1-2H3. The molecule has 3 saturated heterocycles. The van der Waals surface area contributed by atoms with Gasteiger partial charge in [0, 0.05) is 24.0 Å². The van der Waals surface area contributed by atoms with Crippen LogP contribution in [0.25, 0.3) is 0 Å². The third kappa shape index (κ3) is 1.99. The van der Waals surface area contributed by atoms with E-state index in [0.29, 0.717) is 17.9 Å². The van der Waals surface area contributed by atoms with Gasteiger partial charge in [-0.3, -0.25) is 0 Å². The zero-order valence-corrected chi connectivity index (χ0v) is 12.4. The fourth-order valence-corrected chi connectivity index (χ4v) is 4.38. The molecule has 1 N–H and O–H groups in total. The predicted molar refractivity (Wildman–Crippen MR) is 75.7 cm³/mol. The maximum absolute atomic E-state index is 5.58. The first-order valence-electron chi connectivity index (χ1n) is 8.01. The van der Waals surface area contributed by atoms with Crippen LogP contribution in [-0.4, -0.2) is 46.8 Å². The summed E-state index contributed by atoms with van der Waals surface area (Å²) in [5.41, 5.74) is 0. The average molecular weight is 276 g/mol. The molecule has 110 valence electrons. The molecule has 3 aliphatic rings. The predicted octanol–water partition coefficient (Wildman–Crippen LogP) is 1.88. The Morgan fingerprint density at radius 3 is 2.60 bits per heavy atom. The molecule has 3 aliphatic heterocycles. The van der Waals surface area contributed by atoms with E-state index < -0.39 is 0 Å². The summed E-state index contributed by atoms with van der Waals surface area (Å²) in [5, 5.41) is 7.76. The van der Waals surface area contributed by atoms with E-state index in [1.165, 1.54) is 25.7 Å². The Labute approximate surface area is 120 Å². The van der Waals surface area contributed by atoms with Gasteiger partial charge in [0.15, 0.2) is 5.82 Å². The molecular formula is C15H24N4O. The zero-order chi connectivity index (χ0) is 13.7. The highest BCUT2D eigenvalue weighted by atomic mass is 16.5. The average Bonchev–Trinajstić information content (AvgIpc) is 3.10. The maximum Gasteiger partial charge on any atom is 0.231 e. The number of nitrogens with one attached hydrogen (secondary N) is 1. The van der Waals surface area contributed by atoms with Gasteiger partial charge in [-0.25, -0.2) is 0 Å². The first-order valence-corrected chi connectivity index (χ1v) is 8.01. The van der Waals surface area contributed by atoms with Crippen LogP contribution in [-0.2, 0) is 0 Å². The molecule has 0 amide bonds. The van der Waals surface area contributed by atoms with Crippen molar-refractivity contribution in [3.8, 4) is 0 Å². The van der Waals surface area contributed by atoms with Crippen LogP contribution in [0, 0.1) is 0 Å². The minimum Gasteiger partial charge on any atom is -0.339 e. The highest BCUT2D eigenvalue weighted by Crippen LogP contribution is 2.41. The Morgan fingerprint density at radius 2 is 1.95 bits per heavy atom. The van der Waals surface area contributed by atoms with Gasteiger partial charge >= 0.3 is 0 Å². The van der Waals surface area contributed by atoms with Gasteiger partial charge < -0.3 is 14.7 Å². The van der Waals surface area contributed by atoms with Crippen LogP contribution < -0.4 is 5.32 Å². The van der Waals surface area contributed by atoms with Crippen LogP contribution in [0.4, 0.5) is 0 Å². The summed E-state index contributed by atoms with van der Waals surface area (Å²) in [5.74, 6) is 2.72. The zero-order valence-electron chi connectivity index (χ0n) is 12.4. The van der Waals surface area contributed by atoms with Gasteiger partial charge in [-0.2, -0.15) is 4.98 Å². The van der Waals surface area contributed by atoms with Crippen LogP contribution in [0.3, 0.4) is 0 Å². The second-order valence-corrected chi connectivity index (χ2v) is 6.85. The minimum absolute atomic E-state index is 0.402.